The predicted octanol–water partition coefficient (Wildman–Crippen LogP) is 0.0765. The molecule has 27 heavy (non-hydrogen) atoms. The number of aliphatic hydroxyl groups is 2. The first-order chi connectivity index (χ1) is 13.0. The Labute approximate surface area is 155 Å². The Bertz CT molecular complexity index is 842. The molecule has 0 amide bonds. The molecule has 3 N–H and O–H groups in total. The lowest BCUT2D eigenvalue weighted by molar-refractivity contribution is -0.121. The van der Waals surface area contributed by atoms with Gasteiger partial charge in [0.15, 0.2) is 17.0 Å². The summed E-state index contributed by atoms with van der Waals surface area (Å²) in [7, 11) is 0. The second-order valence-electron chi connectivity index (χ2n) is 7.14. The van der Waals surface area contributed by atoms with Crippen LogP contribution in [0.5, 0.6) is 0 Å². The van der Waals surface area contributed by atoms with E-state index in [-0.39, 0.29) is 30.5 Å². The van der Waals surface area contributed by atoms with Gasteiger partial charge in [-0.25, -0.2) is 15.0 Å². The molecule has 2 aromatic rings. The van der Waals surface area contributed by atoms with Gasteiger partial charge >= 0.3 is 0 Å². The first-order valence-electron chi connectivity index (χ1n) is 9.00. The number of carbonyl (C=O) groups is 1. The molecule has 2 aromatic heterocycles. The highest BCUT2D eigenvalue weighted by Crippen LogP contribution is 2.33. The Morgan fingerprint density at radius 2 is 2.22 bits per heavy atom. The van der Waals surface area contributed by atoms with Gasteiger partial charge in [-0.1, -0.05) is 6.92 Å². The number of aliphatic hydroxyl groups excluding tert-OH is 2. The predicted molar refractivity (Wildman–Crippen MR) is 93.6 cm³/mol. The molecule has 2 fully saturated rings. The molecule has 3 unspecified atom stereocenters. The van der Waals surface area contributed by atoms with Crippen LogP contribution in [-0.2, 0) is 14.3 Å². The molecular weight excluding hydrogens is 354 g/mol. The van der Waals surface area contributed by atoms with Crippen molar-refractivity contribution in [1.29, 1.82) is 0 Å². The molecule has 10 heteroatoms. The lowest BCUT2D eigenvalue weighted by Crippen LogP contribution is -2.28. The monoisotopic (exact) mass is 377 g/mol. The van der Waals surface area contributed by atoms with Crippen LogP contribution in [0.15, 0.2) is 12.7 Å². The van der Waals surface area contributed by atoms with Crippen molar-refractivity contribution in [3.63, 3.8) is 0 Å². The number of nitrogens with zero attached hydrogens (tertiary/aromatic N) is 4. The standard InChI is InChI=1S/C17H23N5O5/c1-8-10(9(2)24)5-26-17(8)21-15-14-16(19-6-18-15)22(7-20-14)13-3-11(25)12(4-23)27-13/h6-8,10-13,17,23,25H,3-5H2,1-2H3,(H,18,19,21)/t8?,10?,11-,12+,13+,17?/m0/s1. The summed E-state index contributed by atoms with van der Waals surface area (Å²) in [6, 6.07) is 0. The van der Waals surface area contributed by atoms with Gasteiger partial charge in [-0.3, -0.25) is 9.36 Å². The van der Waals surface area contributed by atoms with Crippen LogP contribution in [0.2, 0.25) is 0 Å². The molecule has 2 aliphatic heterocycles. The number of nitrogens with one attached hydrogen (secondary N) is 1. The number of hydrogen-bond acceptors (Lipinski definition) is 9. The summed E-state index contributed by atoms with van der Waals surface area (Å²) in [5.41, 5.74) is 1.10. The van der Waals surface area contributed by atoms with Gasteiger partial charge in [0.2, 0.25) is 0 Å². The number of rotatable bonds is 5. The van der Waals surface area contributed by atoms with Crippen molar-refractivity contribution in [2.45, 2.75) is 44.9 Å². The number of ether oxygens (including phenoxy) is 2. The van der Waals surface area contributed by atoms with Crippen LogP contribution in [0.25, 0.3) is 11.2 Å². The van der Waals surface area contributed by atoms with Gasteiger partial charge in [-0.15, -0.1) is 0 Å². The third-order valence-electron chi connectivity index (χ3n) is 5.42. The van der Waals surface area contributed by atoms with Crippen molar-refractivity contribution < 1.29 is 24.5 Å². The highest BCUT2D eigenvalue weighted by Gasteiger charge is 2.38. The SMILES string of the molecule is CC(=O)C1COC(Nc2ncnc3c2ncn3[C@H]2C[C@H](O)[C@@H](CO)O2)C1C. The lowest BCUT2D eigenvalue weighted by atomic mass is 9.92. The van der Waals surface area contributed by atoms with E-state index < -0.39 is 18.4 Å². The number of fused-ring (bicyclic) bond motifs is 1. The van der Waals surface area contributed by atoms with Crippen LogP contribution < -0.4 is 5.32 Å². The van der Waals surface area contributed by atoms with Gasteiger partial charge in [0.25, 0.3) is 0 Å². The Balaban J connectivity index is 1.58. The van der Waals surface area contributed by atoms with Crippen molar-refractivity contribution in [1.82, 2.24) is 19.5 Å². The quantitative estimate of drug-likeness (QED) is 0.662. The van der Waals surface area contributed by atoms with Gasteiger partial charge in [0.05, 0.1) is 25.6 Å². The van der Waals surface area contributed by atoms with Crippen molar-refractivity contribution in [3.05, 3.63) is 12.7 Å². The average molecular weight is 377 g/mol. The van der Waals surface area contributed by atoms with Crippen LogP contribution in [-0.4, -0.2) is 67.2 Å². The molecule has 0 aromatic carbocycles. The molecule has 2 saturated heterocycles. The van der Waals surface area contributed by atoms with Crippen molar-refractivity contribution in [2.75, 3.05) is 18.5 Å². The summed E-state index contributed by atoms with van der Waals surface area (Å²) in [5.74, 6) is 0.491. The van der Waals surface area contributed by atoms with Gasteiger partial charge in [-0.05, 0) is 6.92 Å². The molecule has 0 saturated carbocycles. The summed E-state index contributed by atoms with van der Waals surface area (Å²) in [5, 5.41) is 22.5. The first-order valence-corrected chi connectivity index (χ1v) is 9.00. The van der Waals surface area contributed by atoms with Gasteiger partial charge in [0, 0.05) is 18.3 Å². The fourth-order valence-electron chi connectivity index (χ4n) is 3.74. The number of imidazole rings is 1. The lowest BCUT2D eigenvalue weighted by Gasteiger charge is -2.19. The fraction of sp³-hybridized carbons (Fsp3) is 0.647. The second-order valence-corrected chi connectivity index (χ2v) is 7.14. The smallest absolute Gasteiger partial charge is 0.167 e. The first kappa shape index (κ1) is 18.2. The van der Waals surface area contributed by atoms with E-state index >= 15 is 0 Å². The molecule has 0 bridgehead atoms. The Hall–Kier alpha value is -2.14. The number of Topliss-reactive ketones (excluding diaryl/α,β-unsaturated/α-hetero) is 1. The summed E-state index contributed by atoms with van der Waals surface area (Å²) in [4.78, 5) is 24.6. The van der Waals surface area contributed by atoms with E-state index in [0.29, 0.717) is 30.0 Å². The Morgan fingerprint density at radius 1 is 1.41 bits per heavy atom. The zero-order chi connectivity index (χ0) is 19.1. The van der Waals surface area contributed by atoms with E-state index in [0.717, 1.165) is 0 Å². The van der Waals surface area contributed by atoms with E-state index in [1.165, 1.54) is 6.33 Å². The van der Waals surface area contributed by atoms with E-state index in [4.69, 9.17) is 9.47 Å². The maximum Gasteiger partial charge on any atom is 0.167 e. The molecule has 0 radical (unpaired) electrons. The molecule has 6 atom stereocenters. The van der Waals surface area contributed by atoms with Gasteiger partial charge in [0.1, 0.15) is 30.7 Å². The highest BCUT2D eigenvalue weighted by atomic mass is 16.5. The largest absolute Gasteiger partial charge is 0.394 e. The molecule has 2 aliphatic rings. The van der Waals surface area contributed by atoms with Crippen molar-refractivity contribution >= 4 is 22.8 Å². The maximum atomic E-state index is 11.7. The summed E-state index contributed by atoms with van der Waals surface area (Å²) in [6.45, 7) is 3.68. The van der Waals surface area contributed by atoms with E-state index in [2.05, 4.69) is 20.3 Å². The molecule has 146 valence electrons. The fourth-order valence-corrected chi connectivity index (χ4v) is 3.74. The zero-order valence-corrected chi connectivity index (χ0v) is 15.1. The Kier molecular flexibility index (Phi) is 4.81. The van der Waals surface area contributed by atoms with Gasteiger partial charge < -0.3 is 25.0 Å². The van der Waals surface area contributed by atoms with Crippen LogP contribution in [0.3, 0.4) is 0 Å². The van der Waals surface area contributed by atoms with Crippen LogP contribution in [0.4, 0.5) is 5.82 Å². The number of ketones is 1. The summed E-state index contributed by atoms with van der Waals surface area (Å²) < 4.78 is 13.1. The van der Waals surface area contributed by atoms with E-state index in [9.17, 15) is 15.0 Å². The molecule has 10 nitrogen and oxygen atoms in total. The Morgan fingerprint density at radius 3 is 2.89 bits per heavy atom. The number of hydrogen-bond donors (Lipinski definition) is 3. The van der Waals surface area contributed by atoms with Crippen LogP contribution in [0.1, 0.15) is 26.5 Å². The minimum Gasteiger partial charge on any atom is -0.394 e. The van der Waals surface area contributed by atoms with Crippen LogP contribution in [0, 0.1) is 11.8 Å². The molecule has 4 rings (SSSR count). The number of carbonyl (C=O) groups excluding carboxylic acids is 1. The van der Waals surface area contributed by atoms with E-state index in [1.54, 1.807) is 17.8 Å². The third kappa shape index (κ3) is 3.18. The molecule has 4 heterocycles. The number of anilines is 1. The summed E-state index contributed by atoms with van der Waals surface area (Å²) >= 11 is 0. The maximum absolute atomic E-state index is 11.7. The van der Waals surface area contributed by atoms with Crippen molar-refractivity contribution in [2.24, 2.45) is 11.8 Å². The second kappa shape index (κ2) is 7.12. The third-order valence-corrected chi connectivity index (χ3v) is 5.42. The molecule has 0 spiro atoms. The normalized spacial score (nSPS) is 33.6. The number of aromatic nitrogens is 4. The topological polar surface area (TPSA) is 132 Å². The minimum absolute atomic E-state index is 0.00762. The molecular formula is C17H23N5O5. The van der Waals surface area contributed by atoms with Crippen LogP contribution >= 0.6 is 0 Å². The summed E-state index contributed by atoms with van der Waals surface area (Å²) in [6.07, 6.45) is 1.17. The van der Waals surface area contributed by atoms with Gasteiger partial charge in [-0.2, -0.15) is 0 Å². The average Bonchev–Trinajstić information content (AvgIpc) is 3.32. The zero-order valence-electron chi connectivity index (χ0n) is 15.1. The van der Waals surface area contributed by atoms with Crippen molar-refractivity contribution in [3.8, 4) is 0 Å². The highest BCUT2D eigenvalue weighted by molar-refractivity contribution is 5.83. The molecule has 0 aliphatic carbocycles. The minimum atomic E-state index is -0.742. The van der Waals surface area contributed by atoms with E-state index in [1.807, 2.05) is 6.92 Å².